The molecule has 2 aromatic heterocycles. The zero-order chi connectivity index (χ0) is 18.3. The topological polar surface area (TPSA) is 29.3 Å². The first-order valence-corrected chi connectivity index (χ1v) is 9.06. The molecule has 130 valence electrons. The number of aryl methyl sites for hydroxylation is 2. The van der Waals surface area contributed by atoms with Crippen LogP contribution in [0.1, 0.15) is 11.1 Å². The van der Waals surface area contributed by atoms with Crippen LogP contribution >= 0.6 is 23.2 Å². The normalized spacial score (nSPS) is 11.1. The zero-order valence-electron chi connectivity index (χ0n) is 14.4. The lowest BCUT2D eigenvalue weighted by Gasteiger charge is -2.14. The van der Waals surface area contributed by atoms with E-state index in [9.17, 15) is 0 Å². The molecule has 0 unspecified atom stereocenters. The monoisotopic (exact) mass is 381 g/mol. The molecule has 1 N–H and O–H groups in total. The van der Waals surface area contributed by atoms with E-state index in [0.29, 0.717) is 15.7 Å². The third-order valence-corrected chi connectivity index (χ3v) is 4.90. The second-order valence-electron chi connectivity index (χ2n) is 6.27. The lowest BCUT2D eigenvalue weighted by atomic mass is 10.1. The summed E-state index contributed by atoms with van der Waals surface area (Å²) in [4.78, 5) is 4.79. The number of rotatable bonds is 3. The molecule has 0 bridgehead atoms. The number of pyridine rings is 1. The van der Waals surface area contributed by atoms with Crippen molar-refractivity contribution in [2.75, 3.05) is 5.32 Å². The summed E-state index contributed by atoms with van der Waals surface area (Å²) in [5.41, 5.74) is 5.89. The van der Waals surface area contributed by atoms with Crippen LogP contribution in [-0.2, 0) is 0 Å². The molecule has 0 saturated carbocycles. The van der Waals surface area contributed by atoms with Crippen LogP contribution in [0.15, 0.2) is 60.8 Å². The summed E-state index contributed by atoms with van der Waals surface area (Å²) in [7, 11) is 0. The third-order valence-electron chi connectivity index (χ3n) is 4.41. The molecule has 0 amide bonds. The van der Waals surface area contributed by atoms with Crippen LogP contribution in [0.3, 0.4) is 0 Å². The zero-order valence-corrected chi connectivity index (χ0v) is 15.9. The van der Waals surface area contributed by atoms with E-state index in [2.05, 4.69) is 37.4 Å². The lowest BCUT2D eigenvalue weighted by Crippen LogP contribution is -2.00. The van der Waals surface area contributed by atoms with Crippen LogP contribution in [0.2, 0.25) is 10.0 Å². The average molecular weight is 382 g/mol. The number of fused-ring (bicyclic) bond motifs is 1. The summed E-state index contributed by atoms with van der Waals surface area (Å²) < 4.78 is 1.92. The quantitative estimate of drug-likeness (QED) is 0.429. The van der Waals surface area contributed by atoms with Gasteiger partial charge >= 0.3 is 0 Å². The van der Waals surface area contributed by atoms with Crippen molar-refractivity contribution in [2.45, 2.75) is 13.8 Å². The van der Waals surface area contributed by atoms with Crippen LogP contribution in [0, 0.1) is 13.8 Å². The predicted molar refractivity (Wildman–Crippen MR) is 110 cm³/mol. The summed E-state index contributed by atoms with van der Waals surface area (Å²) in [6.45, 7) is 4.17. The number of hydrogen-bond acceptors (Lipinski definition) is 2. The molecule has 0 radical (unpaired) electrons. The smallest absolute Gasteiger partial charge is 0.158 e. The molecule has 0 atom stereocenters. The van der Waals surface area contributed by atoms with Gasteiger partial charge in [0.2, 0.25) is 0 Å². The Kier molecular flexibility index (Phi) is 4.35. The summed E-state index contributed by atoms with van der Waals surface area (Å²) in [5, 5.41) is 4.65. The van der Waals surface area contributed by atoms with Gasteiger partial charge in [-0.2, -0.15) is 0 Å². The Morgan fingerprint density at radius 2 is 1.62 bits per heavy atom. The minimum atomic E-state index is 0.518. The molecule has 0 aliphatic carbocycles. The van der Waals surface area contributed by atoms with Gasteiger partial charge in [0, 0.05) is 17.4 Å². The number of halogens is 2. The Hall–Kier alpha value is -2.49. The number of hydrogen-bond donors (Lipinski definition) is 1. The number of nitrogens with zero attached hydrogens (tertiary/aromatic N) is 2. The first kappa shape index (κ1) is 17.0. The molecule has 26 heavy (non-hydrogen) atoms. The molecule has 0 aliphatic heterocycles. The van der Waals surface area contributed by atoms with Crippen LogP contribution in [-0.4, -0.2) is 9.38 Å². The minimum absolute atomic E-state index is 0.518. The van der Waals surface area contributed by atoms with Gasteiger partial charge in [0.15, 0.2) is 5.65 Å². The third kappa shape index (κ3) is 2.94. The van der Waals surface area contributed by atoms with E-state index in [4.69, 9.17) is 28.2 Å². The van der Waals surface area contributed by atoms with Gasteiger partial charge in [-0.25, -0.2) is 4.98 Å². The number of imidazole rings is 1. The maximum atomic E-state index is 6.41. The molecule has 4 rings (SSSR count). The van der Waals surface area contributed by atoms with Gasteiger partial charge in [-0.1, -0.05) is 71.7 Å². The van der Waals surface area contributed by atoms with Crippen molar-refractivity contribution < 1.29 is 0 Å². The van der Waals surface area contributed by atoms with Crippen molar-refractivity contribution >= 4 is 40.4 Å². The van der Waals surface area contributed by atoms with Crippen LogP contribution < -0.4 is 5.32 Å². The molecule has 0 saturated heterocycles. The van der Waals surface area contributed by atoms with Crippen molar-refractivity contribution in [1.29, 1.82) is 0 Å². The van der Waals surface area contributed by atoms with Crippen molar-refractivity contribution in [3.63, 3.8) is 0 Å². The number of para-hydroxylation sites is 1. The Bertz CT molecular complexity index is 1080. The Balaban J connectivity index is 1.99. The molecule has 5 heteroatoms. The maximum absolute atomic E-state index is 6.41. The van der Waals surface area contributed by atoms with Crippen molar-refractivity contribution in [3.8, 4) is 11.3 Å². The van der Waals surface area contributed by atoms with E-state index in [0.717, 1.165) is 33.9 Å². The first-order chi connectivity index (χ1) is 12.5. The molecule has 2 heterocycles. The van der Waals surface area contributed by atoms with E-state index < -0.39 is 0 Å². The van der Waals surface area contributed by atoms with Gasteiger partial charge < -0.3 is 5.32 Å². The standard InChI is InChI=1S/C21H17Cl2N3/c1-13-7-6-8-14(2)18(13)24-21-19(15-9-4-3-5-10-15)25-20-17(23)11-16(22)12-26(20)21/h3-12,24H,1-2H3. The van der Waals surface area contributed by atoms with E-state index >= 15 is 0 Å². The second kappa shape index (κ2) is 6.67. The minimum Gasteiger partial charge on any atom is -0.339 e. The Labute approximate surface area is 162 Å². The highest BCUT2D eigenvalue weighted by Crippen LogP contribution is 2.35. The Morgan fingerprint density at radius 1 is 0.923 bits per heavy atom. The van der Waals surface area contributed by atoms with E-state index in [1.807, 2.05) is 40.9 Å². The fourth-order valence-corrected chi connectivity index (χ4v) is 3.63. The van der Waals surface area contributed by atoms with Gasteiger partial charge in [-0.05, 0) is 31.0 Å². The van der Waals surface area contributed by atoms with E-state index in [1.54, 1.807) is 6.07 Å². The molecule has 0 fully saturated rings. The SMILES string of the molecule is Cc1cccc(C)c1Nc1c(-c2ccccc2)nc2c(Cl)cc(Cl)cn12. The summed E-state index contributed by atoms with van der Waals surface area (Å²) in [6, 6.07) is 18.0. The van der Waals surface area contributed by atoms with E-state index in [-0.39, 0.29) is 0 Å². The average Bonchev–Trinajstić information content (AvgIpc) is 2.98. The number of aromatic nitrogens is 2. The maximum Gasteiger partial charge on any atom is 0.158 e. The summed E-state index contributed by atoms with van der Waals surface area (Å²) >= 11 is 12.7. The second-order valence-corrected chi connectivity index (χ2v) is 7.11. The fourth-order valence-electron chi connectivity index (χ4n) is 3.12. The van der Waals surface area contributed by atoms with Gasteiger partial charge in [-0.3, -0.25) is 4.40 Å². The lowest BCUT2D eigenvalue weighted by molar-refractivity contribution is 1.18. The molecule has 0 aliphatic rings. The highest BCUT2D eigenvalue weighted by Gasteiger charge is 2.18. The van der Waals surface area contributed by atoms with Gasteiger partial charge in [0.1, 0.15) is 11.5 Å². The van der Waals surface area contributed by atoms with Crippen molar-refractivity contribution in [2.24, 2.45) is 0 Å². The van der Waals surface area contributed by atoms with Gasteiger partial charge in [-0.15, -0.1) is 0 Å². The summed E-state index contributed by atoms with van der Waals surface area (Å²) in [5.74, 6) is 0.841. The first-order valence-electron chi connectivity index (χ1n) is 8.30. The number of nitrogens with one attached hydrogen (secondary N) is 1. The summed E-state index contributed by atoms with van der Waals surface area (Å²) in [6.07, 6.45) is 1.83. The molecule has 3 nitrogen and oxygen atoms in total. The van der Waals surface area contributed by atoms with Gasteiger partial charge in [0.25, 0.3) is 0 Å². The van der Waals surface area contributed by atoms with Crippen LogP contribution in [0.5, 0.6) is 0 Å². The Morgan fingerprint density at radius 3 is 2.31 bits per heavy atom. The number of anilines is 2. The molecule has 2 aromatic carbocycles. The van der Waals surface area contributed by atoms with Gasteiger partial charge in [0.05, 0.1) is 10.0 Å². The predicted octanol–water partition coefficient (Wildman–Crippen LogP) is 6.67. The fraction of sp³-hybridized carbons (Fsp3) is 0.0952. The van der Waals surface area contributed by atoms with Crippen LogP contribution in [0.4, 0.5) is 11.5 Å². The molecular formula is C21H17Cl2N3. The molecular weight excluding hydrogens is 365 g/mol. The number of benzene rings is 2. The largest absolute Gasteiger partial charge is 0.339 e. The van der Waals surface area contributed by atoms with Crippen molar-refractivity contribution in [3.05, 3.63) is 82.0 Å². The molecule has 0 spiro atoms. The highest BCUT2D eigenvalue weighted by molar-refractivity contribution is 6.36. The van der Waals surface area contributed by atoms with E-state index in [1.165, 1.54) is 0 Å². The molecule has 4 aromatic rings. The van der Waals surface area contributed by atoms with Crippen LogP contribution in [0.25, 0.3) is 16.9 Å². The van der Waals surface area contributed by atoms with Crippen molar-refractivity contribution in [1.82, 2.24) is 9.38 Å². The highest BCUT2D eigenvalue weighted by atomic mass is 35.5.